The summed E-state index contributed by atoms with van der Waals surface area (Å²) in [6.07, 6.45) is 0. The maximum Gasteiger partial charge on any atom is 0.261 e. The molecule has 144 valence electrons. The van der Waals surface area contributed by atoms with Gasteiger partial charge in [0.1, 0.15) is 17.0 Å². The van der Waals surface area contributed by atoms with E-state index in [2.05, 4.69) is 10.3 Å². The lowest BCUT2D eigenvalue weighted by Gasteiger charge is -2.09. The third-order valence-electron chi connectivity index (χ3n) is 4.43. The summed E-state index contributed by atoms with van der Waals surface area (Å²) in [5.41, 5.74) is 2.82. The Morgan fingerprint density at radius 3 is 2.59 bits per heavy atom. The van der Waals surface area contributed by atoms with Gasteiger partial charge in [-0.2, -0.15) is 0 Å². The van der Waals surface area contributed by atoms with Crippen LogP contribution in [0, 0.1) is 12.7 Å². The van der Waals surface area contributed by atoms with Crippen molar-refractivity contribution >= 4 is 39.9 Å². The minimum atomic E-state index is -0.470. The molecule has 0 unspecified atom stereocenters. The maximum atomic E-state index is 13.4. The molecule has 1 aromatic heterocycles. The van der Waals surface area contributed by atoms with Crippen LogP contribution in [0.2, 0.25) is 5.02 Å². The maximum absolute atomic E-state index is 13.4. The average molecular weight is 407 g/mol. The molecule has 0 spiro atoms. The lowest BCUT2D eigenvalue weighted by Crippen LogP contribution is -2.22. The first-order valence-electron chi connectivity index (χ1n) is 8.91. The summed E-state index contributed by atoms with van der Waals surface area (Å²) in [4.78, 5) is 17.4. The Balaban J connectivity index is 1.87. The zero-order chi connectivity index (χ0) is 20.4. The van der Waals surface area contributed by atoms with Crippen molar-refractivity contribution in [3.63, 3.8) is 0 Å². The number of halogens is 2. The van der Waals surface area contributed by atoms with Crippen LogP contribution in [-0.2, 0) is 0 Å². The third-order valence-corrected chi connectivity index (χ3v) is 4.73. The van der Waals surface area contributed by atoms with Gasteiger partial charge in [0.05, 0.1) is 10.7 Å². The number of hydrogen-bond acceptors (Lipinski definition) is 3. The SMILES string of the molecule is Cc1ccccc1NC(=O)c1cc2ccccc2oc1=Nc1ccc(F)cc1Cl. The van der Waals surface area contributed by atoms with E-state index in [1.165, 1.54) is 12.1 Å². The fourth-order valence-electron chi connectivity index (χ4n) is 2.90. The van der Waals surface area contributed by atoms with E-state index in [0.29, 0.717) is 17.0 Å². The van der Waals surface area contributed by atoms with E-state index < -0.39 is 5.82 Å². The highest BCUT2D eigenvalue weighted by atomic mass is 35.5. The van der Waals surface area contributed by atoms with Gasteiger partial charge < -0.3 is 9.73 Å². The van der Waals surface area contributed by atoms with Crippen molar-refractivity contribution in [3.05, 3.63) is 100 Å². The standard InChI is InChI=1S/C23H16ClFN2O2/c1-14-6-2-4-8-19(14)26-22(28)17-12-15-7-3-5-9-21(15)29-23(17)27-20-11-10-16(25)13-18(20)24/h2-13H,1H3,(H,26,28). The van der Waals surface area contributed by atoms with Gasteiger partial charge in [0.2, 0.25) is 5.55 Å². The van der Waals surface area contributed by atoms with E-state index >= 15 is 0 Å². The number of rotatable bonds is 3. The highest BCUT2D eigenvalue weighted by Gasteiger charge is 2.14. The molecule has 0 aliphatic rings. The molecule has 0 saturated carbocycles. The lowest BCUT2D eigenvalue weighted by molar-refractivity contribution is 0.102. The van der Waals surface area contributed by atoms with Crippen LogP contribution in [-0.4, -0.2) is 5.91 Å². The Morgan fingerprint density at radius 1 is 1.03 bits per heavy atom. The number of amides is 1. The van der Waals surface area contributed by atoms with E-state index in [0.717, 1.165) is 17.0 Å². The van der Waals surface area contributed by atoms with Gasteiger partial charge in [-0.15, -0.1) is 0 Å². The number of carbonyl (C=O) groups is 1. The Bertz CT molecular complexity index is 1300. The second kappa shape index (κ2) is 7.89. The molecule has 0 aliphatic carbocycles. The molecule has 1 amide bonds. The van der Waals surface area contributed by atoms with Gasteiger partial charge in [-0.05, 0) is 48.9 Å². The van der Waals surface area contributed by atoms with Crippen LogP contribution in [0.4, 0.5) is 15.8 Å². The van der Waals surface area contributed by atoms with Gasteiger partial charge in [-0.3, -0.25) is 4.79 Å². The third kappa shape index (κ3) is 4.05. The zero-order valence-electron chi connectivity index (χ0n) is 15.4. The fourth-order valence-corrected chi connectivity index (χ4v) is 3.11. The number of fused-ring (bicyclic) bond motifs is 1. The summed E-state index contributed by atoms with van der Waals surface area (Å²) in [5, 5.41) is 3.77. The second-order valence-corrected chi connectivity index (χ2v) is 6.89. The number of carbonyl (C=O) groups excluding carboxylic acids is 1. The molecule has 0 radical (unpaired) electrons. The molecule has 4 rings (SSSR count). The van der Waals surface area contributed by atoms with Crippen molar-refractivity contribution < 1.29 is 13.6 Å². The minimum absolute atomic E-state index is 0.0864. The predicted octanol–water partition coefficient (Wildman–Crippen LogP) is 6.02. The van der Waals surface area contributed by atoms with Gasteiger partial charge in [-0.1, -0.05) is 48.0 Å². The molecule has 4 nitrogen and oxygen atoms in total. The quantitative estimate of drug-likeness (QED) is 0.452. The van der Waals surface area contributed by atoms with Gasteiger partial charge in [0, 0.05) is 11.1 Å². The van der Waals surface area contributed by atoms with Gasteiger partial charge >= 0.3 is 0 Å². The van der Waals surface area contributed by atoms with Crippen LogP contribution < -0.4 is 10.9 Å². The number of nitrogens with zero attached hydrogens (tertiary/aromatic N) is 1. The Morgan fingerprint density at radius 2 is 1.79 bits per heavy atom. The van der Waals surface area contributed by atoms with Crippen LogP contribution in [0.1, 0.15) is 15.9 Å². The molecule has 0 saturated heterocycles. The lowest BCUT2D eigenvalue weighted by atomic mass is 10.1. The summed E-state index contributed by atoms with van der Waals surface area (Å²) < 4.78 is 19.3. The van der Waals surface area contributed by atoms with Gasteiger partial charge in [0.25, 0.3) is 5.91 Å². The predicted molar refractivity (Wildman–Crippen MR) is 112 cm³/mol. The number of anilines is 1. The van der Waals surface area contributed by atoms with Crippen LogP contribution in [0.3, 0.4) is 0 Å². The van der Waals surface area contributed by atoms with Crippen molar-refractivity contribution in [2.24, 2.45) is 4.99 Å². The van der Waals surface area contributed by atoms with Crippen LogP contribution >= 0.6 is 11.6 Å². The number of para-hydroxylation sites is 2. The summed E-state index contributed by atoms with van der Waals surface area (Å²) in [7, 11) is 0. The first kappa shape index (κ1) is 18.9. The second-order valence-electron chi connectivity index (χ2n) is 6.48. The van der Waals surface area contributed by atoms with Crippen LogP contribution in [0.5, 0.6) is 0 Å². The number of nitrogens with one attached hydrogen (secondary N) is 1. The molecule has 1 heterocycles. The van der Waals surface area contributed by atoms with Gasteiger partial charge in [0.15, 0.2) is 0 Å². The van der Waals surface area contributed by atoms with Crippen LogP contribution in [0.25, 0.3) is 11.0 Å². The number of benzene rings is 3. The molecular weight excluding hydrogens is 391 g/mol. The Labute approximate surface area is 171 Å². The summed E-state index contributed by atoms with van der Waals surface area (Å²) in [6.45, 7) is 1.91. The van der Waals surface area contributed by atoms with Crippen molar-refractivity contribution in [1.82, 2.24) is 0 Å². The van der Waals surface area contributed by atoms with E-state index in [1.54, 1.807) is 12.1 Å². The van der Waals surface area contributed by atoms with Crippen molar-refractivity contribution in [2.45, 2.75) is 6.92 Å². The topological polar surface area (TPSA) is 54.6 Å². The van der Waals surface area contributed by atoms with Gasteiger partial charge in [-0.25, -0.2) is 9.38 Å². The number of aryl methyl sites for hydroxylation is 1. The van der Waals surface area contributed by atoms with Crippen molar-refractivity contribution in [1.29, 1.82) is 0 Å². The van der Waals surface area contributed by atoms with E-state index in [1.807, 2.05) is 49.4 Å². The summed E-state index contributed by atoms with van der Waals surface area (Å²) >= 11 is 6.10. The van der Waals surface area contributed by atoms with E-state index in [4.69, 9.17) is 16.0 Å². The molecule has 3 aromatic carbocycles. The fraction of sp³-hybridized carbons (Fsp3) is 0.0435. The van der Waals surface area contributed by atoms with Crippen LogP contribution in [0.15, 0.2) is 82.2 Å². The molecule has 0 aliphatic heterocycles. The number of hydrogen-bond donors (Lipinski definition) is 1. The monoisotopic (exact) mass is 406 g/mol. The molecule has 29 heavy (non-hydrogen) atoms. The summed E-state index contributed by atoms with van der Waals surface area (Å²) in [5.74, 6) is -0.840. The van der Waals surface area contributed by atoms with E-state index in [9.17, 15) is 9.18 Å². The highest BCUT2D eigenvalue weighted by molar-refractivity contribution is 6.32. The first-order chi connectivity index (χ1) is 14.0. The molecule has 0 atom stereocenters. The summed E-state index contributed by atoms with van der Waals surface area (Å²) in [6, 6.07) is 20.3. The smallest absolute Gasteiger partial charge is 0.261 e. The van der Waals surface area contributed by atoms with Crippen molar-refractivity contribution in [3.8, 4) is 0 Å². The Hall–Kier alpha value is -3.44. The zero-order valence-corrected chi connectivity index (χ0v) is 16.2. The molecule has 0 fully saturated rings. The normalized spacial score (nSPS) is 11.6. The molecule has 6 heteroatoms. The van der Waals surface area contributed by atoms with E-state index in [-0.39, 0.29) is 22.0 Å². The molecule has 1 N–H and O–H groups in total. The molecule has 0 bridgehead atoms. The Kier molecular flexibility index (Phi) is 5.14. The minimum Gasteiger partial charge on any atom is -0.438 e. The highest BCUT2D eigenvalue weighted by Crippen LogP contribution is 2.25. The molecule has 4 aromatic rings. The molecular formula is C23H16ClFN2O2. The largest absolute Gasteiger partial charge is 0.438 e. The first-order valence-corrected chi connectivity index (χ1v) is 9.29. The average Bonchev–Trinajstić information content (AvgIpc) is 2.71. The van der Waals surface area contributed by atoms with Crippen molar-refractivity contribution in [2.75, 3.05) is 5.32 Å².